The Morgan fingerprint density at radius 3 is 2.82 bits per heavy atom. The number of benzene rings is 1. The highest BCUT2D eigenvalue weighted by molar-refractivity contribution is 5.83. The molecule has 0 spiro atoms. The van der Waals surface area contributed by atoms with Crippen molar-refractivity contribution in [1.29, 1.82) is 5.26 Å². The van der Waals surface area contributed by atoms with Crippen LogP contribution >= 0.6 is 0 Å². The quantitative estimate of drug-likeness (QED) is 0.577. The summed E-state index contributed by atoms with van der Waals surface area (Å²) < 4.78 is 1.38. The van der Waals surface area contributed by atoms with Gasteiger partial charge in [-0.3, -0.25) is 19.3 Å². The molecular weight excluding hydrogens is 284 g/mol. The molecule has 0 fully saturated rings. The van der Waals surface area contributed by atoms with Crippen LogP contribution in [0.5, 0.6) is 0 Å². The fourth-order valence-corrected chi connectivity index (χ4v) is 2.53. The molecule has 0 saturated carbocycles. The normalized spacial score (nSPS) is 11.3. The molecule has 0 aliphatic heterocycles. The number of hydrogen-bond donors (Lipinski definition) is 1. The molecule has 3 rings (SSSR count). The van der Waals surface area contributed by atoms with Crippen molar-refractivity contribution in [1.82, 2.24) is 9.38 Å². The molecule has 3 aromatic rings. The molecule has 1 N–H and O–H groups in total. The van der Waals surface area contributed by atoms with E-state index in [1.54, 1.807) is 25.1 Å². The van der Waals surface area contributed by atoms with Gasteiger partial charge in [0.15, 0.2) is 0 Å². The van der Waals surface area contributed by atoms with Crippen LogP contribution < -0.4 is 5.56 Å². The first-order valence-electron chi connectivity index (χ1n) is 6.42. The molecule has 0 saturated heterocycles. The Bertz CT molecular complexity index is 1050. The molecular formula is C15H10N4O3. The molecule has 2 aromatic heterocycles. The van der Waals surface area contributed by atoms with Gasteiger partial charge < -0.3 is 4.98 Å². The number of para-hydroxylation sites is 2. The van der Waals surface area contributed by atoms with Crippen LogP contribution in [-0.4, -0.2) is 14.3 Å². The van der Waals surface area contributed by atoms with Crippen molar-refractivity contribution in [3.05, 3.63) is 67.6 Å². The first-order valence-corrected chi connectivity index (χ1v) is 6.42. The van der Waals surface area contributed by atoms with Gasteiger partial charge in [0, 0.05) is 6.08 Å². The largest absolute Gasteiger partial charge is 0.338 e. The number of nitriles is 1. The summed E-state index contributed by atoms with van der Waals surface area (Å²) in [5, 5.41) is 19.9. The van der Waals surface area contributed by atoms with Gasteiger partial charge >= 0.3 is 0 Å². The Labute approximate surface area is 123 Å². The van der Waals surface area contributed by atoms with E-state index in [0.29, 0.717) is 34.0 Å². The van der Waals surface area contributed by atoms with E-state index in [1.807, 2.05) is 6.07 Å². The molecule has 108 valence electrons. The number of nitrogens with zero attached hydrogens (tertiary/aromatic N) is 3. The fourth-order valence-electron chi connectivity index (χ4n) is 2.53. The molecule has 0 unspecified atom stereocenters. The van der Waals surface area contributed by atoms with Gasteiger partial charge in [-0.2, -0.15) is 5.26 Å². The minimum absolute atomic E-state index is 0.135. The molecule has 0 aliphatic rings. The van der Waals surface area contributed by atoms with Crippen LogP contribution in [0.25, 0.3) is 22.8 Å². The second kappa shape index (κ2) is 4.86. The third-order valence-electron chi connectivity index (χ3n) is 3.55. The van der Waals surface area contributed by atoms with Crippen LogP contribution in [0, 0.1) is 28.4 Å². The molecule has 1 aromatic carbocycles. The molecule has 7 nitrogen and oxygen atoms in total. The lowest BCUT2D eigenvalue weighted by atomic mass is 10.1. The predicted octanol–water partition coefficient (Wildman–Crippen LogP) is 2.21. The number of imidazole rings is 1. The van der Waals surface area contributed by atoms with E-state index in [0.717, 1.165) is 6.08 Å². The zero-order valence-electron chi connectivity index (χ0n) is 11.5. The maximum absolute atomic E-state index is 12.7. The topological polar surface area (TPSA) is 104 Å². The standard InChI is InChI=1S/C15H10N4O3/c1-9-10(6-7-18(21)22)15(20)19-13-5-3-2-4-12(13)17-14(19)11(9)8-16/h2-7,17H,1H3. The van der Waals surface area contributed by atoms with Crippen molar-refractivity contribution >= 4 is 22.8 Å². The lowest BCUT2D eigenvalue weighted by molar-refractivity contribution is -0.400. The molecule has 7 heteroatoms. The summed E-state index contributed by atoms with van der Waals surface area (Å²) in [6.07, 6.45) is 1.83. The first kappa shape index (κ1) is 13.6. The maximum Gasteiger partial charge on any atom is 0.264 e. The Morgan fingerprint density at radius 2 is 2.14 bits per heavy atom. The third-order valence-corrected chi connectivity index (χ3v) is 3.55. The van der Waals surface area contributed by atoms with Gasteiger partial charge in [-0.05, 0) is 24.6 Å². The summed E-state index contributed by atoms with van der Waals surface area (Å²) in [5.41, 5.74) is 2.17. The first-order chi connectivity index (χ1) is 10.5. The fraction of sp³-hybridized carbons (Fsp3) is 0.0667. The molecule has 0 bridgehead atoms. The van der Waals surface area contributed by atoms with Gasteiger partial charge in [-0.15, -0.1) is 0 Å². The van der Waals surface area contributed by atoms with Crippen LogP contribution in [0.1, 0.15) is 16.7 Å². The number of fused-ring (bicyclic) bond motifs is 3. The summed E-state index contributed by atoms with van der Waals surface area (Å²) in [5.74, 6) is 0. The zero-order chi connectivity index (χ0) is 15.9. The lowest BCUT2D eigenvalue weighted by Gasteiger charge is -2.04. The van der Waals surface area contributed by atoms with E-state index in [4.69, 9.17) is 0 Å². The zero-order valence-corrected chi connectivity index (χ0v) is 11.5. The van der Waals surface area contributed by atoms with Gasteiger partial charge in [0.2, 0.25) is 6.20 Å². The number of rotatable bonds is 2. The van der Waals surface area contributed by atoms with E-state index in [1.165, 1.54) is 4.40 Å². The summed E-state index contributed by atoms with van der Waals surface area (Å²) in [7, 11) is 0. The third kappa shape index (κ3) is 1.86. The number of pyridine rings is 1. The van der Waals surface area contributed by atoms with Crippen LogP contribution in [0.4, 0.5) is 0 Å². The number of nitro groups is 1. The summed E-state index contributed by atoms with van der Waals surface area (Å²) in [6, 6.07) is 9.20. The molecule has 0 atom stereocenters. The van der Waals surface area contributed by atoms with Gasteiger partial charge in [0.1, 0.15) is 11.7 Å². The Hall–Kier alpha value is -3.40. The highest BCUT2D eigenvalue weighted by atomic mass is 16.6. The van der Waals surface area contributed by atoms with Crippen molar-refractivity contribution < 1.29 is 4.92 Å². The highest BCUT2D eigenvalue weighted by Crippen LogP contribution is 2.21. The monoisotopic (exact) mass is 294 g/mol. The van der Waals surface area contributed by atoms with Crippen molar-refractivity contribution in [3.8, 4) is 6.07 Å². The van der Waals surface area contributed by atoms with Gasteiger partial charge in [-0.25, -0.2) is 0 Å². The van der Waals surface area contributed by atoms with Crippen LogP contribution in [0.3, 0.4) is 0 Å². The minimum Gasteiger partial charge on any atom is -0.338 e. The average molecular weight is 294 g/mol. The van der Waals surface area contributed by atoms with E-state index >= 15 is 0 Å². The summed E-state index contributed by atoms with van der Waals surface area (Å²) in [4.78, 5) is 25.6. The number of hydrogen-bond acceptors (Lipinski definition) is 4. The molecule has 0 aliphatic carbocycles. The van der Waals surface area contributed by atoms with E-state index in [9.17, 15) is 20.2 Å². The van der Waals surface area contributed by atoms with Crippen molar-refractivity contribution in [2.24, 2.45) is 0 Å². The second-order valence-corrected chi connectivity index (χ2v) is 4.76. The molecule has 0 radical (unpaired) electrons. The van der Waals surface area contributed by atoms with Crippen LogP contribution in [0.15, 0.2) is 35.3 Å². The number of nitrogens with one attached hydrogen (secondary N) is 1. The SMILES string of the molecule is Cc1c(C=C[N+](=O)[O-])c(=O)n2c([nH]c3ccccc32)c1C#N. The van der Waals surface area contributed by atoms with Crippen LogP contribution in [0.2, 0.25) is 0 Å². The van der Waals surface area contributed by atoms with Crippen molar-refractivity contribution in [2.45, 2.75) is 6.92 Å². The lowest BCUT2D eigenvalue weighted by Crippen LogP contribution is -2.18. The molecule has 22 heavy (non-hydrogen) atoms. The minimum atomic E-state index is -0.644. The predicted molar refractivity (Wildman–Crippen MR) is 81.0 cm³/mol. The smallest absolute Gasteiger partial charge is 0.264 e. The average Bonchev–Trinajstić information content (AvgIpc) is 2.86. The Kier molecular flexibility index (Phi) is 3.00. The number of aromatic amines is 1. The number of H-pyrrole nitrogens is 1. The van der Waals surface area contributed by atoms with Crippen molar-refractivity contribution in [3.63, 3.8) is 0 Å². The Morgan fingerprint density at radius 1 is 1.41 bits per heavy atom. The van der Waals surface area contributed by atoms with Crippen LogP contribution in [-0.2, 0) is 0 Å². The summed E-state index contributed by atoms with van der Waals surface area (Å²) >= 11 is 0. The summed E-state index contributed by atoms with van der Waals surface area (Å²) in [6.45, 7) is 1.60. The van der Waals surface area contributed by atoms with E-state index < -0.39 is 10.5 Å². The maximum atomic E-state index is 12.7. The van der Waals surface area contributed by atoms with Gasteiger partial charge in [0.05, 0.1) is 27.1 Å². The number of aromatic nitrogens is 2. The molecule has 0 amide bonds. The van der Waals surface area contributed by atoms with Gasteiger partial charge in [-0.1, -0.05) is 12.1 Å². The van der Waals surface area contributed by atoms with E-state index in [-0.39, 0.29) is 5.56 Å². The second-order valence-electron chi connectivity index (χ2n) is 4.76. The Balaban J connectivity index is 2.54. The highest BCUT2D eigenvalue weighted by Gasteiger charge is 2.17. The molecule has 2 heterocycles. The van der Waals surface area contributed by atoms with Crippen molar-refractivity contribution in [2.75, 3.05) is 0 Å². The van der Waals surface area contributed by atoms with Gasteiger partial charge in [0.25, 0.3) is 5.56 Å². The van der Waals surface area contributed by atoms with E-state index in [2.05, 4.69) is 11.1 Å².